The van der Waals surface area contributed by atoms with Gasteiger partial charge in [0.05, 0.1) is 11.3 Å². The van der Waals surface area contributed by atoms with Crippen LogP contribution in [0.4, 0.5) is 14.9 Å². The number of rotatable bonds is 4. The molecule has 0 radical (unpaired) electrons. The highest BCUT2D eigenvalue weighted by molar-refractivity contribution is 14.1. The van der Waals surface area contributed by atoms with E-state index < -0.39 is 23.6 Å². The summed E-state index contributed by atoms with van der Waals surface area (Å²) in [5.41, 5.74) is 3.54. The Morgan fingerprint density at radius 3 is 2.21 bits per heavy atom. The van der Waals surface area contributed by atoms with Gasteiger partial charge in [-0.1, -0.05) is 48.5 Å². The number of hydrogen-bond acceptors (Lipinski definition) is 3. The number of hydrogen-bond donors (Lipinski definition) is 2. The van der Waals surface area contributed by atoms with Gasteiger partial charge in [0.2, 0.25) is 0 Å². The van der Waals surface area contributed by atoms with Gasteiger partial charge >= 0.3 is 12.1 Å². The summed E-state index contributed by atoms with van der Waals surface area (Å²) in [5, 5.41) is 11.5. The molecule has 0 heterocycles. The van der Waals surface area contributed by atoms with E-state index in [1.807, 2.05) is 71.1 Å². The van der Waals surface area contributed by atoms with E-state index in [1.165, 1.54) is 6.07 Å². The van der Waals surface area contributed by atoms with Gasteiger partial charge in [-0.15, -0.1) is 0 Å². The van der Waals surface area contributed by atoms with Crippen molar-refractivity contribution >= 4 is 40.3 Å². The maximum atomic E-state index is 14.2. The standard InChI is InChI=1S/C22H15FINO4/c23-19-10-12(24)9-17(21(26)27)20(19)25-22(28)29-11-18-15-7-3-1-5-13(15)14-6-2-4-8-16(14)18/h1-10,18H,11H2,(H,25,28)(H,26,27). The van der Waals surface area contributed by atoms with E-state index in [0.717, 1.165) is 28.3 Å². The molecule has 4 rings (SSSR count). The Morgan fingerprint density at radius 2 is 1.62 bits per heavy atom. The molecule has 1 aliphatic carbocycles. The molecule has 0 unspecified atom stereocenters. The van der Waals surface area contributed by atoms with Crippen LogP contribution in [0.2, 0.25) is 0 Å². The Bertz CT molecular complexity index is 1090. The minimum Gasteiger partial charge on any atom is -0.478 e. The van der Waals surface area contributed by atoms with Crippen molar-refractivity contribution in [3.63, 3.8) is 0 Å². The normalized spacial score (nSPS) is 12.2. The fraction of sp³-hybridized carbons (Fsp3) is 0.0909. The highest BCUT2D eigenvalue weighted by Gasteiger charge is 2.29. The molecule has 1 aliphatic rings. The zero-order valence-corrected chi connectivity index (χ0v) is 17.1. The van der Waals surface area contributed by atoms with Gasteiger partial charge in [-0.3, -0.25) is 5.32 Å². The summed E-state index contributed by atoms with van der Waals surface area (Å²) in [6, 6.07) is 18.2. The fourth-order valence-electron chi connectivity index (χ4n) is 3.61. The number of anilines is 1. The molecule has 29 heavy (non-hydrogen) atoms. The summed E-state index contributed by atoms with van der Waals surface area (Å²) >= 11 is 1.81. The van der Waals surface area contributed by atoms with Crippen molar-refractivity contribution < 1.29 is 23.8 Å². The predicted octanol–water partition coefficient (Wildman–Crippen LogP) is 5.49. The molecule has 7 heteroatoms. The van der Waals surface area contributed by atoms with Crippen LogP contribution in [0.5, 0.6) is 0 Å². The third-order valence-corrected chi connectivity index (χ3v) is 5.48. The monoisotopic (exact) mass is 503 g/mol. The van der Waals surface area contributed by atoms with E-state index in [2.05, 4.69) is 5.32 Å². The van der Waals surface area contributed by atoms with Crippen molar-refractivity contribution in [3.8, 4) is 11.1 Å². The van der Waals surface area contributed by atoms with Gasteiger partial charge in [0.1, 0.15) is 12.4 Å². The van der Waals surface area contributed by atoms with E-state index >= 15 is 0 Å². The van der Waals surface area contributed by atoms with Crippen molar-refractivity contribution in [2.24, 2.45) is 0 Å². The van der Waals surface area contributed by atoms with Crippen LogP contribution in [-0.2, 0) is 4.74 Å². The Labute approximate surface area is 179 Å². The first-order chi connectivity index (χ1) is 14.0. The van der Waals surface area contributed by atoms with E-state index in [-0.39, 0.29) is 18.1 Å². The molecule has 2 N–H and O–H groups in total. The Morgan fingerprint density at radius 1 is 1.03 bits per heavy atom. The highest BCUT2D eigenvalue weighted by atomic mass is 127. The lowest BCUT2D eigenvalue weighted by Crippen LogP contribution is -2.20. The number of carbonyl (C=O) groups excluding carboxylic acids is 1. The molecule has 0 spiro atoms. The van der Waals surface area contributed by atoms with E-state index in [4.69, 9.17) is 4.74 Å². The molecule has 0 atom stereocenters. The molecule has 0 bridgehead atoms. The number of aromatic carboxylic acids is 1. The van der Waals surface area contributed by atoms with Crippen LogP contribution in [0.25, 0.3) is 11.1 Å². The lowest BCUT2D eigenvalue weighted by atomic mass is 9.98. The first-order valence-electron chi connectivity index (χ1n) is 8.80. The Kier molecular flexibility index (Phi) is 5.23. The molecule has 0 fully saturated rings. The fourth-order valence-corrected chi connectivity index (χ4v) is 4.19. The van der Waals surface area contributed by atoms with Crippen LogP contribution < -0.4 is 5.32 Å². The van der Waals surface area contributed by atoms with Crippen molar-refractivity contribution in [1.82, 2.24) is 0 Å². The number of fused-ring (bicyclic) bond motifs is 3. The van der Waals surface area contributed by atoms with Crippen LogP contribution in [0.1, 0.15) is 27.4 Å². The van der Waals surface area contributed by atoms with Gasteiger partial charge < -0.3 is 9.84 Å². The number of carboxylic acid groups (broad SMARTS) is 1. The molecule has 0 saturated carbocycles. The first kappa shape index (κ1) is 19.4. The van der Waals surface area contributed by atoms with Crippen LogP contribution in [0, 0.1) is 9.39 Å². The second kappa shape index (κ2) is 7.82. The van der Waals surface area contributed by atoms with E-state index in [0.29, 0.717) is 3.57 Å². The van der Waals surface area contributed by atoms with Crippen molar-refractivity contribution in [3.05, 3.63) is 86.7 Å². The summed E-state index contributed by atoms with van der Waals surface area (Å²) in [7, 11) is 0. The number of benzene rings is 3. The molecule has 0 saturated heterocycles. The molecule has 5 nitrogen and oxygen atoms in total. The lowest BCUT2D eigenvalue weighted by molar-refractivity contribution is 0.0697. The molecule has 1 amide bonds. The topological polar surface area (TPSA) is 75.6 Å². The Balaban J connectivity index is 1.54. The van der Waals surface area contributed by atoms with Gasteiger partial charge in [-0.05, 0) is 57.0 Å². The highest BCUT2D eigenvalue weighted by Crippen LogP contribution is 2.44. The second-order valence-corrected chi connectivity index (χ2v) is 7.81. The zero-order chi connectivity index (χ0) is 20.5. The SMILES string of the molecule is O=C(Nc1c(F)cc(I)cc1C(=O)O)OCC1c2ccccc2-c2ccccc21. The maximum absolute atomic E-state index is 14.2. The van der Waals surface area contributed by atoms with Crippen LogP contribution in [0.15, 0.2) is 60.7 Å². The molecular weight excluding hydrogens is 488 g/mol. The van der Waals surface area contributed by atoms with E-state index in [1.54, 1.807) is 0 Å². The van der Waals surface area contributed by atoms with Gasteiger partial charge in [0.25, 0.3) is 0 Å². The van der Waals surface area contributed by atoms with Crippen LogP contribution in [0.3, 0.4) is 0 Å². The van der Waals surface area contributed by atoms with Crippen molar-refractivity contribution in [2.75, 3.05) is 11.9 Å². The van der Waals surface area contributed by atoms with Gasteiger partial charge in [0, 0.05) is 9.49 Å². The summed E-state index contributed by atoms with van der Waals surface area (Å²) in [6.45, 7) is 0.0499. The predicted molar refractivity (Wildman–Crippen MR) is 115 cm³/mol. The van der Waals surface area contributed by atoms with Gasteiger partial charge in [-0.25, -0.2) is 14.0 Å². The van der Waals surface area contributed by atoms with Crippen LogP contribution >= 0.6 is 22.6 Å². The van der Waals surface area contributed by atoms with Crippen molar-refractivity contribution in [2.45, 2.75) is 5.92 Å². The number of halogens is 2. The third-order valence-electron chi connectivity index (χ3n) is 4.86. The third kappa shape index (κ3) is 3.69. The average Bonchev–Trinajstić information content (AvgIpc) is 3.02. The smallest absolute Gasteiger partial charge is 0.411 e. The summed E-state index contributed by atoms with van der Waals surface area (Å²) in [5.74, 6) is -2.31. The largest absolute Gasteiger partial charge is 0.478 e. The zero-order valence-electron chi connectivity index (χ0n) is 15.0. The molecule has 3 aromatic carbocycles. The lowest BCUT2D eigenvalue weighted by Gasteiger charge is -2.15. The number of ether oxygens (including phenoxy) is 1. The number of carbonyl (C=O) groups is 2. The second-order valence-electron chi connectivity index (χ2n) is 6.57. The summed E-state index contributed by atoms with van der Waals surface area (Å²) in [6.07, 6.45) is -0.908. The van der Waals surface area contributed by atoms with Crippen molar-refractivity contribution in [1.29, 1.82) is 0 Å². The maximum Gasteiger partial charge on any atom is 0.411 e. The minimum atomic E-state index is -1.34. The minimum absolute atomic E-state index is 0.0499. The molecule has 146 valence electrons. The number of nitrogens with one attached hydrogen (secondary N) is 1. The van der Waals surface area contributed by atoms with Crippen LogP contribution in [-0.4, -0.2) is 23.8 Å². The quantitative estimate of drug-likeness (QED) is 0.462. The van der Waals surface area contributed by atoms with E-state index in [9.17, 15) is 19.1 Å². The Hall–Kier alpha value is -2.94. The first-order valence-corrected chi connectivity index (χ1v) is 9.88. The molecule has 0 aliphatic heterocycles. The summed E-state index contributed by atoms with van der Waals surface area (Å²) < 4.78 is 20.0. The average molecular weight is 503 g/mol. The molecule has 3 aromatic rings. The number of carboxylic acids is 1. The molecule has 0 aromatic heterocycles. The summed E-state index contributed by atoms with van der Waals surface area (Å²) in [4.78, 5) is 23.7. The van der Waals surface area contributed by atoms with Gasteiger partial charge in [0.15, 0.2) is 0 Å². The van der Waals surface area contributed by atoms with Gasteiger partial charge in [-0.2, -0.15) is 0 Å². The molecular formula is C22H15FINO4. The number of amides is 1.